The van der Waals surface area contributed by atoms with Crippen LogP contribution in [0.4, 0.5) is 5.13 Å². The van der Waals surface area contributed by atoms with Crippen molar-refractivity contribution in [3.8, 4) is 6.07 Å². The molecule has 1 aromatic heterocycles. The van der Waals surface area contributed by atoms with Crippen LogP contribution in [0.15, 0.2) is 34.7 Å². The standard InChI is InChI=1S/C11H10N4S2/c12-6-7-16-11-15-14-10(17-11)13-8-9-4-2-1-3-5-9/h1-5H,7-8H2,(H,13,14). The normalized spacial score (nSPS) is 9.82. The van der Waals surface area contributed by atoms with Crippen molar-refractivity contribution in [3.05, 3.63) is 35.9 Å². The van der Waals surface area contributed by atoms with Gasteiger partial charge in [0.25, 0.3) is 0 Å². The van der Waals surface area contributed by atoms with Gasteiger partial charge >= 0.3 is 0 Å². The summed E-state index contributed by atoms with van der Waals surface area (Å²) in [6.07, 6.45) is 0. The Morgan fingerprint density at radius 3 is 2.88 bits per heavy atom. The van der Waals surface area contributed by atoms with Crippen molar-refractivity contribution in [2.45, 2.75) is 10.9 Å². The monoisotopic (exact) mass is 262 g/mol. The van der Waals surface area contributed by atoms with Crippen molar-refractivity contribution in [1.29, 1.82) is 5.26 Å². The Bertz CT molecular complexity index is 504. The topological polar surface area (TPSA) is 61.6 Å². The molecule has 0 saturated heterocycles. The number of hydrogen-bond donors (Lipinski definition) is 1. The second kappa shape index (κ2) is 6.23. The smallest absolute Gasteiger partial charge is 0.206 e. The zero-order valence-electron chi connectivity index (χ0n) is 8.96. The van der Waals surface area contributed by atoms with Crippen molar-refractivity contribution < 1.29 is 0 Å². The Morgan fingerprint density at radius 2 is 2.12 bits per heavy atom. The number of nitrogens with zero attached hydrogens (tertiary/aromatic N) is 3. The molecule has 0 aliphatic carbocycles. The highest BCUT2D eigenvalue weighted by Gasteiger charge is 2.03. The molecule has 0 bridgehead atoms. The molecule has 0 saturated carbocycles. The summed E-state index contributed by atoms with van der Waals surface area (Å²) >= 11 is 2.88. The first kappa shape index (κ1) is 11.9. The molecule has 0 spiro atoms. The van der Waals surface area contributed by atoms with Gasteiger partial charge in [-0.1, -0.05) is 53.4 Å². The molecule has 0 fully saturated rings. The zero-order valence-corrected chi connectivity index (χ0v) is 10.6. The molecule has 86 valence electrons. The van der Waals surface area contributed by atoms with Gasteiger partial charge in [0, 0.05) is 6.54 Å². The summed E-state index contributed by atoms with van der Waals surface area (Å²) in [5.74, 6) is 0.410. The third-order valence-corrected chi connectivity index (χ3v) is 3.83. The van der Waals surface area contributed by atoms with E-state index in [0.717, 1.165) is 16.0 Å². The largest absolute Gasteiger partial charge is 0.356 e. The first-order chi connectivity index (χ1) is 8.38. The summed E-state index contributed by atoms with van der Waals surface area (Å²) in [4.78, 5) is 0. The maximum Gasteiger partial charge on any atom is 0.206 e. The minimum absolute atomic E-state index is 0.410. The Hall–Kier alpha value is -1.58. The molecule has 0 aliphatic heterocycles. The molecule has 2 rings (SSSR count). The Morgan fingerprint density at radius 1 is 1.29 bits per heavy atom. The maximum absolute atomic E-state index is 8.46. The van der Waals surface area contributed by atoms with Crippen LogP contribution in [0, 0.1) is 11.3 Å². The third-order valence-electron chi connectivity index (χ3n) is 1.95. The molecule has 1 aromatic carbocycles. The van der Waals surface area contributed by atoms with Gasteiger partial charge < -0.3 is 5.32 Å². The van der Waals surface area contributed by atoms with Gasteiger partial charge in [-0.3, -0.25) is 0 Å². The van der Waals surface area contributed by atoms with Gasteiger partial charge in [-0.15, -0.1) is 10.2 Å². The van der Waals surface area contributed by atoms with E-state index in [2.05, 4.69) is 33.7 Å². The van der Waals surface area contributed by atoms with E-state index >= 15 is 0 Å². The Balaban J connectivity index is 1.87. The van der Waals surface area contributed by atoms with Crippen LogP contribution in [0.5, 0.6) is 0 Å². The molecule has 4 nitrogen and oxygen atoms in total. The Kier molecular flexibility index (Phi) is 4.36. The first-order valence-electron chi connectivity index (χ1n) is 4.99. The summed E-state index contributed by atoms with van der Waals surface area (Å²) in [6, 6.07) is 12.2. The lowest BCUT2D eigenvalue weighted by Crippen LogP contribution is -1.98. The molecule has 17 heavy (non-hydrogen) atoms. The molecular weight excluding hydrogens is 252 g/mol. The highest BCUT2D eigenvalue weighted by atomic mass is 32.2. The van der Waals surface area contributed by atoms with Crippen molar-refractivity contribution >= 4 is 28.2 Å². The zero-order chi connectivity index (χ0) is 11.9. The van der Waals surface area contributed by atoms with Gasteiger partial charge in [-0.2, -0.15) is 5.26 Å². The molecule has 0 aliphatic rings. The summed E-state index contributed by atoms with van der Waals surface area (Å²) in [5.41, 5.74) is 1.20. The maximum atomic E-state index is 8.46. The van der Waals surface area contributed by atoms with Crippen LogP contribution in [0.25, 0.3) is 0 Å². The average Bonchev–Trinajstić information content (AvgIpc) is 2.83. The predicted molar refractivity (Wildman–Crippen MR) is 70.0 cm³/mol. The number of rotatable bonds is 5. The van der Waals surface area contributed by atoms with E-state index in [4.69, 9.17) is 5.26 Å². The number of hydrogen-bond acceptors (Lipinski definition) is 6. The fourth-order valence-electron chi connectivity index (χ4n) is 1.21. The minimum atomic E-state index is 0.410. The van der Waals surface area contributed by atoms with Crippen LogP contribution < -0.4 is 5.32 Å². The molecule has 1 N–H and O–H groups in total. The van der Waals surface area contributed by atoms with E-state index in [1.165, 1.54) is 28.7 Å². The van der Waals surface area contributed by atoms with E-state index in [1.54, 1.807) is 0 Å². The lowest BCUT2D eigenvalue weighted by molar-refractivity contribution is 0.996. The molecule has 0 unspecified atom stereocenters. The van der Waals surface area contributed by atoms with Gasteiger partial charge in [-0.25, -0.2) is 0 Å². The van der Waals surface area contributed by atoms with Gasteiger partial charge in [0.05, 0.1) is 11.8 Å². The molecule has 0 radical (unpaired) electrons. The summed E-state index contributed by atoms with van der Waals surface area (Å²) < 4.78 is 0.821. The molecule has 0 amide bonds. The van der Waals surface area contributed by atoms with Gasteiger partial charge in [0.2, 0.25) is 5.13 Å². The van der Waals surface area contributed by atoms with Crippen molar-refractivity contribution in [1.82, 2.24) is 10.2 Å². The summed E-state index contributed by atoms with van der Waals surface area (Å²) in [5, 5.41) is 20.4. The van der Waals surface area contributed by atoms with Crippen molar-refractivity contribution in [3.63, 3.8) is 0 Å². The lowest BCUT2D eigenvalue weighted by Gasteiger charge is -2.00. The van der Waals surface area contributed by atoms with E-state index in [0.29, 0.717) is 5.75 Å². The predicted octanol–water partition coefficient (Wildman–Crippen LogP) is 2.77. The van der Waals surface area contributed by atoms with E-state index < -0.39 is 0 Å². The number of nitrogens with one attached hydrogen (secondary N) is 1. The van der Waals surface area contributed by atoms with Gasteiger partial charge in [-0.05, 0) is 5.56 Å². The summed E-state index contributed by atoms with van der Waals surface area (Å²) in [6.45, 7) is 0.735. The quantitative estimate of drug-likeness (QED) is 0.839. The molecule has 2 aromatic rings. The molecule has 6 heteroatoms. The number of nitriles is 1. The molecule has 0 atom stereocenters. The minimum Gasteiger partial charge on any atom is -0.356 e. The van der Waals surface area contributed by atoms with E-state index in [1.807, 2.05) is 18.2 Å². The highest BCUT2D eigenvalue weighted by Crippen LogP contribution is 2.25. The molecule has 1 heterocycles. The van der Waals surface area contributed by atoms with E-state index in [9.17, 15) is 0 Å². The van der Waals surface area contributed by atoms with Crippen LogP contribution in [0.3, 0.4) is 0 Å². The van der Waals surface area contributed by atoms with E-state index in [-0.39, 0.29) is 0 Å². The highest BCUT2D eigenvalue weighted by molar-refractivity contribution is 8.01. The average molecular weight is 262 g/mol. The van der Waals surface area contributed by atoms with Crippen LogP contribution in [0.1, 0.15) is 5.56 Å². The second-order valence-corrected chi connectivity index (χ2v) is 5.36. The SMILES string of the molecule is N#CCSc1nnc(NCc2ccccc2)s1. The fraction of sp³-hybridized carbons (Fsp3) is 0.182. The van der Waals surface area contributed by atoms with Crippen LogP contribution in [-0.4, -0.2) is 16.0 Å². The Labute approximate surface area is 108 Å². The van der Waals surface area contributed by atoms with Gasteiger partial charge in [0.15, 0.2) is 4.34 Å². The van der Waals surface area contributed by atoms with Crippen LogP contribution >= 0.6 is 23.1 Å². The number of anilines is 1. The second-order valence-electron chi connectivity index (χ2n) is 3.16. The lowest BCUT2D eigenvalue weighted by atomic mass is 10.2. The number of aromatic nitrogens is 2. The third kappa shape index (κ3) is 3.73. The van der Waals surface area contributed by atoms with Gasteiger partial charge in [0.1, 0.15) is 0 Å². The number of benzene rings is 1. The number of thioether (sulfide) groups is 1. The summed E-state index contributed by atoms with van der Waals surface area (Å²) in [7, 11) is 0. The van der Waals surface area contributed by atoms with Crippen LogP contribution in [0.2, 0.25) is 0 Å². The van der Waals surface area contributed by atoms with Crippen molar-refractivity contribution in [2.75, 3.05) is 11.1 Å². The van der Waals surface area contributed by atoms with Crippen LogP contribution in [-0.2, 0) is 6.54 Å². The van der Waals surface area contributed by atoms with Crippen molar-refractivity contribution in [2.24, 2.45) is 0 Å². The molecular formula is C11H10N4S2. The fourth-order valence-corrected chi connectivity index (χ4v) is 2.62. The first-order valence-corrected chi connectivity index (χ1v) is 6.80.